The van der Waals surface area contributed by atoms with Crippen molar-refractivity contribution in [2.75, 3.05) is 12.8 Å². The van der Waals surface area contributed by atoms with Crippen LogP contribution in [0.1, 0.15) is 26.2 Å². The number of carboxylic acid groups (broad SMARTS) is 1. The number of rotatable bonds is 7. The maximum Gasteiger partial charge on any atom is 0.321 e. The normalized spacial score (nSPS) is 11.6. The van der Waals surface area contributed by atoms with Crippen molar-refractivity contribution in [2.45, 2.75) is 31.4 Å². The number of aliphatic carboxylic acids is 1. The minimum Gasteiger partial charge on any atom is -0.481 e. The van der Waals surface area contributed by atoms with Crippen molar-refractivity contribution < 1.29 is 19.5 Å². The summed E-state index contributed by atoms with van der Waals surface area (Å²) in [6.07, 6.45) is 2.34. The van der Waals surface area contributed by atoms with Gasteiger partial charge >= 0.3 is 12.0 Å². The molecule has 0 spiro atoms. The molecule has 0 saturated heterocycles. The largest absolute Gasteiger partial charge is 0.481 e. The molecule has 0 radical (unpaired) electrons. The zero-order valence-corrected chi connectivity index (χ0v) is 10.8. The maximum atomic E-state index is 11.2. The Balaban J connectivity index is 3.64. The van der Waals surface area contributed by atoms with E-state index >= 15 is 0 Å². The third kappa shape index (κ3) is 9.68. The molecule has 98 valence electrons. The predicted molar refractivity (Wildman–Crippen MR) is 66.0 cm³/mol. The van der Waals surface area contributed by atoms with Crippen LogP contribution in [0.3, 0.4) is 0 Å². The monoisotopic (exact) mass is 262 g/mol. The number of hydrogen-bond donors (Lipinski definition) is 3. The van der Waals surface area contributed by atoms with Crippen LogP contribution in [0, 0.1) is 0 Å². The van der Waals surface area contributed by atoms with Gasteiger partial charge in [0.2, 0.25) is 5.91 Å². The fraction of sp³-hybridized carbons (Fsp3) is 0.700. The van der Waals surface area contributed by atoms with E-state index < -0.39 is 17.9 Å². The number of hydrogen-bond acceptors (Lipinski definition) is 4. The Kier molecular flexibility index (Phi) is 8.21. The Hall–Kier alpha value is -1.24. The molecule has 6 nitrogen and oxygen atoms in total. The van der Waals surface area contributed by atoms with Crippen molar-refractivity contribution in [1.82, 2.24) is 10.6 Å². The first-order chi connectivity index (χ1) is 7.95. The average Bonchev–Trinajstić information content (AvgIpc) is 2.26. The molecule has 1 unspecified atom stereocenters. The third-order valence-corrected chi connectivity index (χ3v) is 3.10. The highest BCUT2D eigenvalue weighted by atomic mass is 32.2. The lowest BCUT2D eigenvalue weighted by atomic mass is 10.3. The Bertz CT molecular complexity index is 283. The van der Waals surface area contributed by atoms with Gasteiger partial charge in [0.15, 0.2) is 0 Å². The van der Waals surface area contributed by atoms with Gasteiger partial charge < -0.3 is 10.4 Å². The first kappa shape index (κ1) is 15.8. The first-order valence-electron chi connectivity index (χ1n) is 5.28. The molecule has 0 aliphatic heterocycles. The summed E-state index contributed by atoms with van der Waals surface area (Å²) in [5.74, 6) is -1.64. The van der Waals surface area contributed by atoms with Gasteiger partial charge in [-0.3, -0.25) is 14.9 Å². The van der Waals surface area contributed by atoms with E-state index in [9.17, 15) is 14.4 Å². The number of amides is 3. The lowest BCUT2D eigenvalue weighted by molar-refractivity contribution is -0.138. The molecule has 0 rings (SSSR count). The van der Waals surface area contributed by atoms with Gasteiger partial charge in [-0.05, 0) is 12.7 Å². The van der Waals surface area contributed by atoms with Crippen molar-refractivity contribution in [3.63, 3.8) is 0 Å². The van der Waals surface area contributed by atoms with E-state index in [-0.39, 0.29) is 12.8 Å². The van der Waals surface area contributed by atoms with E-state index in [4.69, 9.17) is 5.11 Å². The van der Waals surface area contributed by atoms with Crippen LogP contribution in [0.4, 0.5) is 4.79 Å². The molecule has 0 aliphatic carbocycles. The van der Waals surface area contributed by atoms with Crippen LogP contribution in [0.5, 0.6) is 0 Å². The highest BCUT2D eigenvalue weighted by molar-refractivity contribution is 7.99. The van der Waals surface area contributed by atoms with E-state index in [0.717, 1.165) is 6.42 Å². The highest BCUT2D eigenvalue weighted by Crippen LogP contribution is 2.07. The lowest BCUT2D eigenvalue weighted by Gasteiger charge is -2.09. The first-order valence-corrected chi connectivity index (χ1v) is 6.56. The number of carbonyl (C=O) groups is 3. The molecule has 0 saturated carbocycles. The van der Waals surface area contributed by atoms with Gasteiger partial charge in [0, 0.05) is 18.2 Å². The van der Waals surface area contributed by atoms with Crippen LogP contribution in [0.2, 0.25) is 0 Å². The molecule has 1 atom stereocenters. The summed E-state index contributed by atoms with van der Waals surface area (Å²) in [5.41, 5.74) is 0. The van der Waals surface area contributed by atoms with Crippen molar-refractivity contribution in [1.29, 1.82) is 0 Å². The lowest BCUT2D eigenvalue weighted by Crippen LogP contribution is -2.40. The standard InChI is InChI=1S/C10H18N2O4S/c1-7(17-2)5-6-11-10(16)12-8(13)3-4-9(14)15/h7H,3-6H2,1-2H3,(H,14,15)(H2,11,12,13,16). The molecule has 0 heterocycles. The summed E-state index contributed by atoms with van der Waals surface area (Å²) in [4.78, 5) is 32.4. The van der Waals surface area contributed by atoms with Crippen molar-refractivity contribution in [3.05, 3.63) is 0 Å². The van der Waals surface area contributed by atoms with Crippen LogP contribution < -0.4 is 10.6 Å². The molecule has 0 fully saturated rings. The van der Waals surface area contributed by atoms with Crippen LogP contribution in [-0.2, 0) is 9.59 Å². The summed E-state index contributed by atoms with van der Waals surface area (Å²) in [6.45, 7) is 2.53. The van der Waals surface area contributed by atoms with Gasteiger partial charge in [0.05, 0.1) is 6.42 Å². The second-order valence-corrected chi connectivity index (χ2v) is 4.81. The number of thioether (sulfide) groups is 1. The zero-order chi connectivity index (χ0) is 13.3. The van der Waals surface area contributed by atoms with Crippen molar-refractivity contribution in [2.24, 2.45) is 0 Å². The molecule has 17 heavy (non-hydrogen) atoms. The maximum absolute atomic E-state index is 11.2. The van der Waals surface area contributed by atoms with Crippen LogP contribution in [0.15, 0.2) is 0 Å². The molecule has 3 amide bonds. The van der Waals surface area contributed by atoms with Gasteiger partial charge in [0.1, 0.15) is 0 Å². The quantitative estimate of drug-likeness (QED) is 0.631. The van der Waals surface area contributed by atoms with Gasteiger partial charge in [-0.2, -0.15) is 11.8 Å². The highest BCUT2D eigenvalue weighted by Gasteiger charge is 2.09. The molecule has 7 heteroatoms. The zero-order valence-electron chi connectivity index (χ0n) is 9.99. The van der Waals surface area contributed by atoms with Gasteiger partial charge in [-0.15, -0.1) is 0 Å². The second-order valence-electron chi connectivity index (χ2n) is 3.53. The Labute approximate surface area is 105 Å². The number of urea groups is 1. The summed E-state index contributed by atoms with van der Waals surface area (Å²) in [5, 5.41) is 13.4. The minimum absolute atomic E-state index is 0.191. The SMILES string of the molecule is CSC(C)CCNC(=O)NC(=O)CCC(=O)O. The van der Waals surface area contributed by atoms with E-state index in [1.165, 1.54) is 0 Å². The summed E-state index contributed by atoms with van der Waals surface area (Å²) < 4.78 is 0. The summed E-state index contributed by atoms with van der Waals surface area (Å²) >= 11 is 1.70. The van der Waals surface area contributed by atoms with E-state index in [1.54, 1.807) is 11.8 Å². The molecule has 0 aromatic carbocycles. The number of nitrogens with one attached hydrogen (secondary N) is 2. The number of carboxylic acids is 1. The van der Waals surface area contributed by atoms with Crippen LogP contribution in [0.25, 0.3) is 0 Å². The Morgan fingerprint density at radius 3 is 2.47 bits per heavy atom. The summed E-state index contributed by atoms with van der Waals surface area (Å²) in [6, 6.07) is -0.575. The number of imide groups is 1. The molecular weight excluding hydrogens is 244 g/mol. The fourth-order valence-electron chi connectivity index (χ4n) is 0.961. The van der Waals surface area contributed by atoms with E-state index in [0.29, 0.717) is 11.8 Å². The average molecular weight is 262 g/mol. The molecule has 0 aromatic rings. The van der Waals surface area contributed by atoms with Crippen molar-refractivity contribution in [3.8, 4) is 0 Å². The van der Waals surface area contributed by atoms with E-state index in [2.05, 4.69) is 10.6 Å². The van der Waals surface area contributed by atoms with Gasteiger partial charge in [-0.25, -0.2) is 4.79 Å². The molecule has 0 aromatic heterocycles. The molecule has 0 bridgehead atoms. The predicted octanol–water partition coefficient (Wildman–Crippen LogP) is 0.819. The number of carbonyl (C=O) groups excluding carboxylic acids is 2. The van der Waals surface area contributed by atoms with Gasteiger partial charge in [0.25, 0.3) is 0 Å². The summed E-state index contributed by atoms with van der Waals surface area (Å²) in [7, 11) is 0. The minimum atomic E-state index is -1.06. The molecular formula is C10H18N2O4S. The van der Waals surface area contributed by atoms with Crippen LogP contribution >= 0.6 is 11.8 Å². The Morgan fingerprint density at radius 1 is 1.29 bits per heavy atom. The second kappa shape index (κ2) is 8.86. The molecule has 0 aliphatic rings. The Morgan fingerprint density at radius 2 is 1.94 bits per heavy atom. The van der Waals surface area contributed by atoms with Gasteiger partial charge in [-0.1, -0.05) is 6.92 Å². The topological polar surface area (TPSA) is 95.5 Å². The van der Waals surface area contributed by atoms with E-state index in [1.807, 2.05) is 13.2 Å². The third-order valence-electron chi connectivity index (χ3n) is 2.06. The molecule has 3 N–H and O–H groups in total. The van der Waals surface area contributed by atoms with Crippen molar-refractivity contribution >= 4 is 29.7 Å². The smallest absolute Gasteiger partial charge is 0.321 e. The van der Waals surface area contributed by atoms with Crippen LogP contribution in [-0.4, -0.2) is 41.1 Å². The fourth-order valence-corrected chi connectivity index (χ4v) is 1.31.